The number of unbranched alkanes of at least 4 members (excludes halogenated alkanes) is 5. The maximum absolute atomic E-state index is 11.1. The van der Waals surface area contributed by atoms with Crippen LogP contribution in [0.4, 0.5) is 0 Å². The third-order valence-electron chi connectivity index (χ3n) is 3.84. The molecule has 0 bridgehead atoms. The fourth-order valence-corrected chi connectivity index (χ4v) is 2.33. The summed E-state index contributed by atoms with van der Waals surface area (Å²) in [5.74, 6) is 0. The predicted molar refractivity (Wildman–Crippen MR) is 106 cm³/mol. The summed E-state index contributed by atoms with van der Waals surface area (Å²) in [6, 6.07) is 0. The third-order valence-corrected chi connectivity index (χ3v) is 3.84. The van der Waals surface area contributed by atoms with Crippen molar-refractivity contribution < 1.29 is 14.6 Å². The lowest BCUT2D eigenvalue weighted by Gasteiger charge is -1.98. The summed E-state index contributed by atoms with van der Waals surface area (Å²) in [7, 11) is 0. The standard InChI is InChI=1S/C20H30N2O5/c1-2-3-4-9-14-19(21(24)25)16-11-12-17-20(22(26)27)15-10-7-5-6-8-13-18-23/h3-4,11-12,14-15,18H,2,5-10,13,16-17H2,1H3/b4-3+,12-11+,19-14-,20-15-. The first-order valence-corrected chi connectivity index (χ1v) is 9.43. The van der Waals surface area contributed by atoms with Gasteiger partial charge in [-0.25, -0.2) is 0 Å². The summed E-state index contributed by atoms with van der Waals surface area (Å²) in [5, 5.41) is 22.1. The van der Waals surface area contributed by atoms with E-state index in [-0.39, 0.29) is 24.2 Å². The second-order valence-corrected chi connectivity index (χ2v) is 6.06. The predicted octanol–water partition coefficient (Wildman–Crippen LogP) is 5.54. The second-order valence-electron chi connectivity index (χ2n) is 6.06. The molecule has 0 aromatic carbocycles. The zero-order valence-electron chi connectivity index (χ0n) is 16.0. The van der Waals surface area contributed by atoms with E-state index in [4.69, 9.17) is 0 Å². The molecule has 0 aliphatic heterocycles. The molecular weight excluding hydrogens is 348 g/mol. The van der Waals surface area contributed by atoms with Gasteiger partial charge in [-0.05, 0) is 44.3 Å². The third kappa shape index (κ3) is 14.3. The number of hydrogen-bond acceptors (Lipinski definition) is 5. The molecule has 0 aliphatic carbocycles. The molecule has 27 heavy (non-hydrogen) atoms. The summed E-state index contributed by atoms with van der Waals surface area (Å²) >= 11 is 0. The minimum absolute atomic E-state index is 0.0916. The Balaban J connectivity index is 4.42. The van der Waals surface area contributed by atoms with Gasteiger partial charge in [-0.1, -0.05) is 44.1 Å². The van der Waals surface area contributed by atoms with Crippen LogP contribution in [-0.2, 0) is 4.79 Å². The molecule has 0 fully saturated rings. The van der Waals surface area contributed by atoms with Gasteiger partial charge in [-0.3, -0.25) is 20.2 Å². The summed E-state index contributed by atoms with van der Waals surface area (Å²) < 4.78 is 0. The van der Waals surface area contributed by atoms with Crippen LogP contribution >= 0.6 is 0 Å². The molecule has 7 heteroatoms. The fourth-order valence-electron chi connectivity index (χ4n) is 2.33. The first-order valence-electron chi connectivity index (χ1n) is 9.43. The molecule has 7 nitrogen and oxygen atoms in total. The molecule has 0 radical (unpaired) electrons. The highest BCUT2D eigenvalue weighted by atomic mass is 16.6. The molecule has 0 spiro atoms. The highest BCUT2D eigenvalue weighted by Crippen LogP contribution is 2.12. The smallest absolute Gasteiger partial charge is 0.246 e. The van der Waals surface area contributed by atoms with Gasteiger partial charge >= 0.3 is 0 Å². The normalized spacial score (nSPS) is 12.8. The average molecular weight is 378 g/mol. The maximum atomic E-state index is 11.1. The van der Waals surface area contributed by atoms with E-state index in [1.54, 1.807) is 24.3 Å². The number of nitrogens with zero attached hydrogens (tertiary/aromatic N) is 2. The quantitative estimate of drug-likeness (QED) is 0.115. The van der Waals surface area contributed by atoms with E-state index >= 15 is 0 Å². The van der Waals surface area contributed by atoms with Crippen molar-refractivity contribution in [3.8, 4) is 0 Å². The van der Waals surface area contributed by atoms with Gasteiger partial charge in [0, 0.05) is 6.42 Å². The molecule has 0 aromatic rings. The van der Waals surface area contributed by atoms with E-state index in [1.807, 2.05) is 19.1 Å². The van der Waals surface area contributed by atoms with E-state index in [0.717, 1.165) is 38.4 Å². The molecule has 0 amide bonds. The van der Waals surface area contributed by atoms with Gasteiger partial charge in [0.1, 0.15) is 6.29 Å². The van der Waals surface area contributed by atoms with E-state index in [0.29, 0.717) is 19.3 Å². The van der Waals surface area contributed by atoms with Crippen LogP contribution in [0, 0.1) is 20.2 Å². The van der Waals surface area contributed by atoms with Crippen molar-refractivity contribution in [1.82, 2.24) is 0 Å². The lowest BCUT2D eigenvalue weighted by atomic mass is 10.1. The lowest BCUT2D eigenvalue weighted by molar-refractivity contribution is -0.427. The molecule has 0 unspecified atom stereocenters. The van der Waals surface area contributed by atoms with Gasteiger partial charge in [-0.15, -0.1) is 0 Å². The zero-order chi connectivity index (χ0) is 20.3. The van der Waals surface area contributed by atoms with Gasteiger partial charge < -0.3 is 4.79 Å². The molecule has 0 N–H and O–H groups in total. The number of allylic oxidation sites excluding steroid dienone is 6. The van der Waals surface area contributed by atoms with Crippen molar-refractivity contribution in [3.05, 3.63) is 68.1 Å². The Morgan fingerprint density at radius 2 is 1.33 bits per heavy atom. The molecule has 0 saturated carbocycles. The highest BCUT2D eigenvalue weighted by Gasteiger charge is 2.09. The Morgan fingerprint density at radius 1 is 0.778 bits per heavy atom. The summed E-state index contributed by atoms with van der Waals surface area (Å²) in [6.07, 6.45) is 17.6. The second kappa shape index (κ2) is 16.9. The van der Waals surface area contributed by atoms with Gasteiger partial charge in [0.25, 0.3) is 0 Å². The molecule has 150 valence electrons. The summed E-state index contributed by atoms with van der Waals surface area (Å²) in [6.45, 7) is 1.99. The Kier molecular flexibility index (Phi) is 15.3. The minimum Gasteiger partial charge on any atom is -0.303 e. The van der Waals surface area contributed by atoms with Crippen LogP contribution in [0.5, 0.6) is 0 Å². The van der Waals surface area contributed by atoms with Gasteiger partial charge in [0.2, 0.25) is 11.4 Å². The Hall–Kier alpha value is -2.57. The lowest BCUT2D eigenvalue weighted by Crippen LogP contribution is -1.99. The molecule has 0 heterocycles. The molecule has 0 atom stereocenters. The van der Waals surface area contributed by atoms with Crippen LogP contribution in [0.1, 0.15) is 71.1 Å². The molecule has 0 rings (SSSR count). The summed E-state index contributed by atoms with van der Waals surface area (Å²) in [5.41, 5.74) is 0.200. The van der Waals surface area contributed by atoms with Gasteiger partial charge in [0.05, 0.1) is 22.7 Å². The molecule has 0 aromatic heterocycles. The molecule has 0 saturated heterocycles. The van der Waals surface area contributed by atoms with Crippen molar-refractivity contribution in [2.75, 3.05) is 0 Å². The number of aldehydes is 1. The van der Waals surface area contributed by atoms with Gasteiger partial charge in [-0.2, -0.15) is 0 Å². The van der Waals surface area contributed by atoms with Crippen molar-refractivity contribution in [2.24, 2.45) is 0 Å². The Labute approximate surface area is 160 Å². The number of hydrogen-bond donors (Lipinski definition) is 0. The van der Waals surface area contributed by atoms with Crippen molar-refractivity contribution in [3.63, 3.8) is 0 Å². The largest absolute Gasteiger partial charge is 0.303 e. The van der Waals surface area contributed by atoms with Crippen molar-refractivity contribution in [1.29, 1.82) is 0 Å². The van der Waals surface area contributed by atoms with E-state index in [9.17, 15) is 25.0 Å². The van der Waals surface area contributed by atoms with Crippen LogP contribution in [0.15, 0.2) is 47.9 Å². The van der Waals surface area contributed by atoms with Crippen molar-refractivity contribution >= 4 is 6.29 Å². The van der Waals surface area contributed by atoms with Crippen LogP contribution < -0.4 is 0 Å². The SMILES string of the molecule is CC/C=C/C/C=C(/C/C=C/C/C(=C/CCCCCCC=O)[N+](=O)[O-])[N+](=O)[O-]. The van der Waals surface area contributed by atoms with E-state index in [1.165, 1.54) is 0 Å². The first kappa shape index (κ1) is 24.4. The zero-order valence-corrected chi connectivity index (χ0v) is 16.0. The molecular formula is C20H30N2O5. The minimum atomic E-state index is -0.418. The van der Waals surface area contributed by atoms with Crippen LogP contribution in [-0.4, -0.2) is 16.1 Å². The van der Waals surface area contributed by atoms with E-state index in [2.05, 4.69) is 0 Å². The van der Waals surface area contributed by atoms with Gasteiger partial charge in [0.15, 0.2) is 0 Å². The average Bonchev–Trinajstić information content (AvgIpc) is 2.63. The number of nitro groups is 2. The van der Waals surface area contributed by atoms with Crippen LogP contribution in [0.25, 0.3) is 0 Å². The van der Waals surface area contributed by atoms with Crippen molar-refractivity contribution in [2.45, 2.75) is 71.1 Å². The van der Waals surface area contributed by atoms with E-state index < -0.39 is 9.85 Å². The topological polar surface area (TPSA) is 103 Å². The number of carbonyl (C=O) groups is 1. The Bertz CT molecular complexity index is 577. The highest BCUT2D eigenvalue weighted by molar-refractivity contribution is 5.48. The number of rotatable bonds is 16. The van der Waals surface area contributed by atoms with Crippen LogP contribution in [0.3, 0.4) is 0 Å². The maximum Gasteiger partial charge on any atom is 0.246 e. The number of carbonyl (C=O) groups excluding carboxylic acids is 1. The first-order chi connectivity index (χ1) is 13.0. The summed E-state index contributed by atoms with van der Waals surface area (Å²) in [4.78, 5) is 31.5. The Morgan fingerprint density at radius 3 is 1.85 bits per heavy atom. The van der Waals surface area contributed by atoms with Crippen LogP contribution in [0.2, 0.25) is 0 Å². The molecule has 0 aliphatic rings. The fraction of sp³-hybridized carbons (Fsp3) is 0.550. The monoisotopic (exact) mass is 378 g/mol.